The Labute approximate surface area is 216 Å². The molecule has 1 saturated heterocycles. The Morgan fingerprint density at radius 2 is 1.69 bits per heavy atom. The van der Waals surface area contributed by atoms with Gasteiger partial charge in [0.15, 0.2) is 5.76 Å². The van der Waals surface area contributed by atoms with Crippen LogP contribution in [0, 0.1) is 0 Å². The van der Waals surface area contributed by atoms with Crippen molar-refractivity contribution >= 4 is 17.2 Å². The number of allylic oxidation sites excluding steroid dienone is 1. The number of piperazine rings is 1. The molecule has 0 aliphatic carbocycles. The first kappa shape index (κ1) is 24.7. The maximum atomic E-state index is 13.5. The molecule has 2 aromatic carbocycles. The highest BCUT2D eigenvalue weighted by Crippen LogP contribution is 2.34. The smallest absolute Gasteiger partial charge is 0.288 e. The van der Waals surface area contributed by atoms with Gasteiger partial charge in [-0.1, -0.05) is 60.7 Å². The number of carbonyl (C=O) groups excluding carboxylic acids is 1. The lowest BCUT2D eigenvalue weighted by atomic mass is 9.99. The van der Waals surface area contributed by atoms with Crippen molar-refractivity contribution in [2.75, 3.05) is 26.2 Å². The number of nitrogens with zero attached hydrogens (tertiary/aromatic N) is 2. The Balaban J connectivity index is 1.22. The van der Waals surface area contributed by atoms with Gasteiger partial charge in [-0.25, -0.2) is 0 Å². The van der Waals surface area contributed by atoms with Crippen LogP contribution in [0.4, 0.5) is 0 Å². The van der Waals surface area contributed by atoms with Crippen molar-refractivity contribution < 1.29 is 19.4 Å². The van der Waals surface area contributed by atoms with E-state index in [0.29, 0.717) is 31.9 Å². The Hall–Kier alpha value is -2.97. The minimum atomic E-state index is -0.502. The van der Waals surface area contributed by atoms with Crippen LogP contribution >= 0.6 is 11.3 Å². The lowest BCUT2D eigenvalue weighted by Crippen LogP contribution is -2.49. The molecule has 7 heteroatoms. The number of rotatable bonds is 8. The fourth-order valence-corrected chi connectivity index (χ4v) is 5.46. The van der Waals surface area contributed by atoms with Gasteiger partial charge in [0, 0.05) is 49.9 Å². The monoisotopic (exact) mass is 504 g/mol. The second kappa shape index (κ2) is 11.8. The molecule has 1 N–H and O–H groups in total. The molecule has 0 bridgehead atoms. The van der Waals surface area contributed by atoms with E-state index in [1.54, 1.807) is 11.3 Å². The van der Waals surface area contributed by atoms with Crippen LogP contribution in [0.3, 0.4) is 0 Å². The fourth-order valence-electron chi connectivity index (χ4n) is 4.65. The van der Waals surface area contributed by atoms with Gasteiger partial charge < -0.3 is 19.5 Å². The SMILES string of the molecule is O=C(C1=C[C@H](c2cccs2)C[C@H](OCc2ccc(CO)cc2)O1)N1CCN(Cc2ccccc2)CC1. The molecule has 0 unspecified atom stereocenters. The standard InChI is InChI=1S/C29H32N2O4S/c32-20-23-8-10-24(11-9-23)21-34-28-18-25(27-7-4-16-36-27)17-26(35-28)29(33)31-14-12-30(13-15-31)19-22-5-2-1-3-6-22/h1-11,16-17,25,28,32H,12-15,18-21H2/t25-,28+/m0/s1. The molecule has 0 radical (unpaired) electrons. The summed E-state index contributed by atoms with van der Waals surface area (Å²) in [6.07, 6.45) is 2.13. The summed E-state index contributed by atoms with van der Waals surface area (Å²) in [4.78, 5) is 19.0. The molecule has 5 rings (SSSR count). The molecule has 0 saturated carbocycles. The van der Waals surface area contributed by atoms with E-state index in [1.807, 2.05) is 47.4 Å². The van der Waals surface area contributed by atoms with Crippen LogP contribution in [0.1, 0.15) is 33.9 Å². The molecule has 36 heavy (non-hydrogen) atoms. The van der Waals surface area contributed by atoms with Gasteiger partial charge in [-0.15, -0.1) is 11.3 Å². The van der Waals surface area contributed by atoms with E-state index in [1.165, 1.54) is 10.4 Å². The molecule has 3 heterocycles. The Bertz CT molecular complexity index is 1140. The predicted molar refractivity (Wildman–Crippen MR) is 140 cm³/mol. The first-order chi connectivity index (χ1) is 17.7. The summed E-state index contributed by atoms with van der Waals surface area (Å²) in [6, 6.07) is 22.3. The average Bonchev–Trinajstić information content (AvgIpc) is 3.48. The number of benzene rings is 2. The molecule has 2 atom stereocenters. The Kier molecular flexibility index (Phi) is 8.13. The van der Waals surface area contributed by atoms with Gasteiger partial charge in [-0.05, 0) is 34.2 Å². The zero-order valence-corrected chi connectivity index (χ0v) is 21.1. The number of amides is 1. The molecule has 2 aliphatic heterocycles. The van der Waals surface area contributed by atoms with Gasteiger partial charge in [0.25, 0.3) is 5.91 Å². The first-order valence-corrected chi connectivity index (χ1v) is 13.3. The van der Waals surface area contributed by atoms with Crippen LogP contribution in [0.15, 0.2) is 83.9 Å². The largest absolute Gasteiger partial charge is 0.459 e. The first-order valence-electron chi connectivity index (χ1n) is 12.5. The zero-order valence-electron chi connectivity index (χ0n) is 20.3. The highest BCUT2D eigenvalue weighted by Gasteiger charge is 2.32. The molecule has 188 valence electrons. The summed E-state index contributed by atoms with van der Waals surface area (Å²) in [5.41, 5.74) is 3.16. The van der Waals surface area contributed by atoms with E-state index in [-0.39, 0.29) is 18.4 Å². The summed E-state index contributed by atoms with van der Waals surface area (Å²) in [5.74, 6) is 0.409. The topological polar surface area (TPSA) is 62.2 Å². The second-order valence-electron chi connectivity index (χ2n) is 9.28. The van der Waals surface area contributed by atoms with E-state index in [2.05, 4.69) is 40.6 Å². The van der Waals surface area contributed by atoms with Gasteiger partial charge in [-0.2, -0.15) is 0 Å². The maximum Gasteiger partial charge on any atom is 0.288 e. The minimum Gasteiger partial charge on any atom is -0.459 e. The van der Waals surface area contributed by atoms with Gasteiger partial charge in [0.2, 0.25) is 6.29 Å². The van der Waals surface area contributed by atoms with Crippen molar-refractivity contribution in [2.24, 2.45) is 0 Å². The molecule has 1 aromatic heterocycles. The molecule has 0 spiro atoms. The molecular formula is C29H32N2O4S. The van der Waals surface area contributed by atoms with Crippen LogP contribution in [0.25, 0.3) is 0 Å². The number of aliphatic hydroxyl groups is 1. The van der Waals surface area contributed by atoms with Gasteiger partial charge >= 0.3 is 0 Å². The van der Waals surface area contributed by atoms with E-state index in [4.69, 9.17) is 9.47 Å². The number of hydrogen-bond donors (Lipinski definition) is 1. The van der Waals surface area contributed by atoms with Crippen LogP contribution < -0.4 is 0 Å². The number of ether oxygens (including phenoxy) is 2. The summed E-state index contributed by atoms with van der Waals surface area (Å²) in [6.45, 7) is 4.34. The number of thiophene rings is 1. The highest BCUT2D eigenvalue weighted by atomic mass is 32.1. The molecule has 1 amide bonds. The van der Waals surface area contributed by atoms with Crippen molar-refractivity contribution in [3.05, 3.63) is 106 Å². The molecular weight excluding hydrogens is 472 g/mol. The van der Waals surface area contributed by atoms with Gasteiger partial charge in [0.05, 0.1) is 13.2 Å². The van der Waals surface area contributed by atoms with Crippen molar-refractivity contribution in [1.82, 2.24) is 9.80 Å². The maximum absolute atomic E-state index is 13.5. The van der Waals surface area contributed by atoms with Gasteiger partial charge in [0.1, 0.15) is 0 Å². The fraction of sp³-hybridized carbons (Fsp3) is 0.345. The van der Waals surface area contributed by atoms with Crippen LogP contribution in [-0.4, -0.2) is 53.3 Å². The second-order valence-corrected chi connectivity index (χ2v) is 10.3. The Morgan fingerprint density at radius 1 is 0.944 bits per heavy atom. The zero-order chi connectivity index (χ0) is 24.7. The van der Waals surface area contributed by atoms with Crippen LogP contribution in [0.2, 0.25) is 0 Å². The lowest BCUT2D eigenvalue weighted by Gasteiger charge is -2.36. The number of aliphatic hydroxyl groups excluding tert-OH is 1. The van der Waals surface area contributed by atoms with E-state index < -0.39 is 6.29 Å². The molecule has 2 aliphatic rings. The van der Waals surface area contributed by atoms with Crippen LogP contribution in [0.5, 0.6) is 0 Å². The van der Waals surface area contributed by atoms with Crippen molar-refractivity contribution in [3.8, 4) is 0 Å². The third-order valence-electron chi connectivity index (χ3n) is 6.73. The lowest BCUT2D eigenvalue weighted by molar-refractivity contribution is -0.157. The van der Waals surface area contributed by atoms with Crippen molar-refractivity contribution in [2.45, 2.75) is 38.4 Å². The summed E-state index contributed by atoms with van der Waals surface area (Å²) >= 11 is 1.69. The van der Waals surface area contributed by atoms with E-state index in [0.717, 1.165) is 30.8 Å². The average molecular weight is 505 g/mol. The number of carbonyl (C=O) groups is 1. The minimum absolute atomic E-state index is 0.0200. The summed E-state index contributed by atoms with van der Waals surface area (Å²) in [7, 11) is 0. The molecule has 1 fully saturated rings. The number of hydrogen-bond acceptors (Lipinski definition) is 6. The third-order valence-corrected chi connectivity index (χ3v) is 7.73. The van der Waals surface area contributed by atoms with Crippen molar-refractivity contribution in [1.29, 1.82) is 0 Å². The quantitative estimate of drug-likeness (QED) is 0.489. The normalized spacial score (nSPS) is 20.6. The molecule has 3 aromatic rings. The van der Waals surface area contributed by atoms with Crippen LogP contribution in [-0.2, 0) is 34.0 Å². The molecule has 6 nitrogen and oxygen atoms in total. The summed E-state index contributed by atoms with van der Waals surface area (Å²) < 4.78 is 12.2. The van der Waals surface area contributed by atoms with E-state index in [9.17, 15) is 9.90 Å². The van der Waals surface area contributed by atoms with E-state index >= 15 is 0 Å². The highest BCUT2D eigenvalue weighted by molar-refractivity contribution is 7.10. The third kappa shape index (κ3) is 6.23. The Morgan fingerprint density at radius 3 is 2.39 bits per heavy atom. The van der Waals surface area contributed by atoms with Gasteiger partial charge in [-0.3, -0.25) is 9.69 Å². The van der Waals surface area contributed by atoms with Crippen molar-refractivity contribution in [3.63, 3.8) is 0 Å². The predicted octanol–water partition coefficient (Wildman–Crippen LogP) is 4.52. The summed E-state index contributed by atoms with van der Waals surface area (Å²) in [5, 5.41) is 11.3.